The lowest BCUT2D eigenvalue weighted by Crippen LogP contribution is -2.74. The van der Waals surface area contributed by atoms with Gasteiger partial charge in [-0.1, -0.05) is 19.1 Å². The minimum absolute atomic E-state index is 0.116. The Labute approximate surface area is 183 Å². The van der Waals surface area contributed by atoms with Crippen molar-refractivity contribution in [2.75, 3.05) is 14.1 Å². The van der Waals surface area contributed by atoms with Crippen molar-refractivity contribution < 1.29 is 45.0 Å². The van der Waals surface area contributed by atoms with Crippen molar-refractivity contribution in [2.45, 2.75) is 36.7 Å². The maximum absolute atomic E-state index is 13.3. The third-order valence-corrected chi connectivity index (χ3v) is 7.32. The number of ketones is 2. The Morgan fingerprint density at radius 1 is 1.09 bits per heavy atom. The molecule has 8 atom stereocenters. The number of aliphatic carboxylic acids is 1. The zero-order chi connectivity index (χ0) is 23.9. The molecule has 10 nitrogen and oxygen atoms in total. The van der Waals surface area contributed by atoms with Crippen molar-refractivity contribution >= 4 is 17.5 Å². The predicted molar refractivity (Wildman–Crippen MR) is 108 cm³/mol. The van der Waals surface area contributed by atoms with Crippen molar-refractivity contribution in [1.29, 1.82) is 0 Å². The van der Waals surface area contributed by atoms with Gasteiger partial charge in [0, 0.05) is 23.5 Å². The summed E-state index contributed by atoms with van der Waals surface area (Å²) >= 11 is 0. The molecule has 1 fully saturated rings. The number of nitrogens with zero attached hydrogens (tertiary/aromatic N) is 1. The van der Waals surface area contributed by atoms with E-state index >= 15 is 0 Å². The molecule has 1 aromatic carbocycles. The van der Waals surface area contributed by atoms with Crippen LogP contribution in [0.2, 0.25) is 0 Å². The van der Waals surface area contributed by atoms with E-state index in [9.17, 15) is 45.0 Å². The van der Waals surface area contributed by atoms with E-state index in [0.29, 0.717) is 5.56 Å². The fourth-order valence-electron chi connectivity index (χ4n) is 5.90. The zero-order valence-electron chi connectivity index (χ0n) is 17.6. The zero-order valence-corrected chi connectivity index (χ0v) is 17.6. The van der Waals surface area contributed by atoms with E-state index in [4.69, 9.17) is 0 Å². The van der Waals surface area contributed by atoms with E-state index < -0.39 is 76.4 Å². The molecular weight excluding hydrogens is 422 g/mol. The molecule has 3 aliphatic rings. The average molecular weight is 447 g/mol. The minimum Gasteiger partial charge on any atom is -0.508 e. The predicted octanol–water partition coefficient (Wildman–Crippen LogP) is -0.583. The van der Waals surface area contributed by atoms with Crippen LogP contribution in [0.25, 0.3) is 0 Å². The van der Waals surface area contributed by atoms with E-state index in [1.54, 1.807) is 13.0 Å². The molecule has 32 heavy (non-hydrogen) atoms. The second-order valence-electron chi connectivity index (χ2n) is 9.05. The fourth-order valence-corrected chi connectivity index (χ4v) is 5.90. The summed E-state index contributed by atoms with van der Waals surface area (Å²) in [6.07, 6.45) is -3.38. The average Bonchev–Trinajstić information content (AvgIpc) is 2.70. The van der Waals surface area contributed by atoms with Crippen LogP contribution in [0.3, 0.4) is 0 Å². The van der Waals surface area contributed by atoms with Gasteiger partial charge < -0.3 is 35.5 Å². The topological polar surface area (TPSA) is 176 Å². The van der Waals surface area contributed by atoms with Crippen molar-refractivity contribution in [3.63, 3.8) is 0 Å². The van der Waals surface area contributed by atoms with Gasteiger partial charge in [0.1, 0.15) is 17.4 Å². The van der Waals surface area contributed by atoms with Crippen LogP contribution in [0.5, 0.6) is 5.75 Å². The largest absolute Gasteiger partial charge is 0.508 e. The molecule has 4 rings (SSSR count). The van der Waals surface area contributed by atoms with Gasteiger partial charge in [-0.2, -0.15) is 0 Å². The normalized spacial score (nSPS) is 38.9. The van der Waals surface area contributed by atoms with Crippen molar-refractivity contribution in [1.82, 2.24) is 4.90 Å². The molecule has 172 valence electrons. The van der Waals surface area contributed by atoms with E-state index in [1.807, 2.05) is 0 Å². The van der Waals surface area contributed by atoms with Crippen LogP contribution < -0.4 is 0 Å². The van der Waals surface area contributed by atoms with Gasteiger partial charge in [-0.05, 0) is 31.6 Å². The van der Waals surface area contributed by atoms with E-state index in [2.05, 4.69) is 0 Å². The molecule has 0 saturated heterocycles. The number of benzene rings is 1. The lowest BCUT2D eigenvalue weighted by atomic mass is 9.53. The van der Waals surface area contributed by atoms with Gasteiger partial charge in [0.15, 0.2) is 17.2 Å². The molecule has 0 aromatic heterocycles. The Morgan fingerprint density at radius 2 is 1.72 bits per heavy atom. The van der Waals surface area contributed by atoms with E-state index in [1.165, 1.54) is 31.1 Å². The Balaban J connectivity index is 2.03. The number of aromatic hydroxyl groups is 1. The SMILES string of the molecule is C[C@H]1c2cccc(O)c2C(=O)C2=C(O)[C@]3(O)C(=O)C(C(=O)O)C(O)[C@@H](N(C)C)[C@@H]3[C@@H](O)[C@@H]21. The molecule has 2 unspecified atom stereocenters. The van der Waals surface area contributed by atoms with Crippen LogP contribution in [0.1, 0.15) is 28.8 Å². The number of Topliss-reactive ketones (excluding diaryl/α,β-unsaturated/α-hetero) is 2. The maximum atomic E-state index is 13.3. The molecule has 0 spiro atoms. The first-order valence-electron chi connectivity index (χ1n) is 10.2. The maximum Gasteiger partial charge on any atom is 0.316 e. The summed E-state index contributed by atoms with van der Waals surface area (Å²) < 4.78 is 0. The van der Waals surface area contributed by atoms with Gasteiger partial charge in [-0.15, -0.1) is 0 Å². The number of likely N-dealkylation sites (N-methyl/N-ethyl adjacent to an activating group) is 1. The molecule has 3 aliphatic carbocycles. The first-order chi connectivity index (χ1) is 14.9. The van der Waals surface area contributed by atoms with Crippen molar-refractivity contribution in [3.05, 3.63) is 40.7 Å². The summed E-state index contributed by atoms with van der Waals surface area (Å²) in [5.74, 6) is -10.7. The number of carboxylic acid groups (broad SMARTS) is 1. The van der Waals surface area contributed by atoms with Crippen LogP contribution in [0.15, 0.2) is 29.5 Å². The van der Waals surface area contributed by atoms with Crippen LogP contribution >= 0.6 is 0 Å². The number of phenolic OH excluding ortho intramolecular Hbond substituents is 1. The Hall–Kier alpha value is -2.79. The van der Waals surface area contributed by atoms with Crippen LogP contribution in [-0.4, -0.2) is 91.0 Å². The highest BCUT2D eigenvalue weighted by Gasteiger charge is 2.69. The number of aliphatic hydroxyl groups excluding tert-OH is 3. The quantitative estimate of drug-likeness (QED) is 0.322. The Morgan fingerprint density at radius 3 is 2.28 bits per heavy atom. The molecule has 10 heteroatoms. The van der Waals surface area contributed by atoms with Gasteiger partial charge in [0.25, 0.3) is 0 Å². The molecule has 1 saturated carbocycles. The minimum atomic E-state index is -2.92. The highest BCUT2D eigenvalue weighted by molar-refractivity contribution is 6.15. The number of carbonyl (C=O) groups excluding carboxylic acids is 2. The molecule has 6 N–H and O–H groups in total. The molecule has 0 heterocycles. The molecule has 1 aromatic rings. The number of carbonyl (C=O) groups is 3. The van der Waals surface area contributed by atoms with E-state index in [-0.39, 0.29) is 11.3 Å². The molecule has 0 radical (unpaired) electrons. The fraction of sp³-hybridized carbons (Fsp3) is 0.500. The summed E-state index contributed by atoms with van der Waals surface area (Å²) in [4.78, 5) is 39.6. The van der Waals surface area contributed by atoms with E-state index in [0.717, 1.165) is 0 Å². The second kappa shape index (κ2) is 7.11. The van der Waals surface area contributed by atoms with Gasteiger partial charge in [0.2, 0.25) is 0 Å². The summed E-state index contributed by atoms with van der Waals surface area (Å²) in [5.41, 5.74) is -3.05. The first-order valence-corrected chi connectivity index (χ1v) is 10.2. The van der Waals surface area contributed by atoms with Gasteiger partial charge in [-0.3, -0.25) is 14.4 Å². The number of phenols is 1. The van der Waals surface area contributed by atoms with Crippen molar-refractivity contribution in [2.24, 2.45) is 17.8 Å². The summed E-state index contributed by atoms with van der Waals surface area (Å²) in [7, 11) is 2.96. The van der Waals surface area contributed by atoms with Crippen LogP contribution in [-0.2, 0) is 9.59 Å². The number of rotatable bonds is 2. The molecule has 0 aliphatic heterocycles. The third kappa shape index (κ3) is 2.57. The van der Waals surface area contributed by atoms with Crippen LogP contribution in [0, 0.1) is 17.8 Å². The highest BCUT2D eigenvalue weighted by Crippen LogP contribution is 2.55. The third-order valence-electron chi connectivity index (χ3n) is 7.32. The van der Waals surface area contributed by atoms with Gasteiger partial charge >= 0.3 is 5.97 Å². The molecule has 0 bridgehead atoms. The van der Waals surface area contributed by atoms with Crippen LogP contribution in [0.4, 0.5) is 0 Å². The number of aliphatic hydroxyl groups is 4. The Kier molecular flexibility index (Phi) is 4.98. The lowest BCUT2D eigenvalue weighted by molar-refractivity contribution is -0.198. The lowest BCUT2D eigenvalue weighted by Gasteiger charge is -2.56. The smallest absolute Gasteiger partial charge is 0.316 e. The molecular formula is C22H25NO9. The van der Waals surface area contributed by atoms with Gasteiger partial charge in [0.05, 0.1) is 17.8 Å². The Bertz CT molecular complexity index is 1060. The number of hydrogen-bond acceptors (Lipinski definition) is 9. The number of carboxylic acids is 1. The number of hydrogen-bond donors (Lipinski definition) is 6. The van der Waals surface area contributed by atoms with Gasteiger partial charge in [-0.25, -0.2) is 0 Å². The highest BCUT2D eigenvalue weighted by atomic mass is 16.4. The summed E-state index contributed by atoms with van der Waals surface area (Å²) in [6, 6.07) is 3.18. The monoisotopic (exact) mass is 447 g/mol. The second-order valence-corrected chi connectivity index (χ2v) is 9.05. The first kappa shape index (κ1) is 22.4. The summed E-state index contributed by atoms with van der Waals surface area (Å²) in [6.45, 7) is 1.67. The number of fused-ring (bicyclic) bond motifs is 3. The molecule has 0 amide bonds. The van der Waals surface area contributed by atoms with Crippen molar-refractivity contribution in [3.8, 4) is 5.75 Å². The summed E-state index contributed by atoms with van der Waals surface area (Å²) in [5, 5.41) is 64.6. The standard InChI is InChI=1S/C22H25NO9/c1-7-8-5-4-6-9(24)11(8)16(25)12-10(7)17(26)14-15(23(2)3)18(27)13(21(30)31)20(29)22(14,32)19(12)28/h4-7,10,13-15,17-18,24,26-28,32H,1-3H3,(H,30,31)/t7-,10+,13?,14+,15-,17-,18?,22-/m0/s1.